The molecule has 2 nitrogen and oxygen atoms in total. The second-order valence-electron chi connectivity index (χ2n) is 6.65. The minimum atomic E-state index is -2.90. The van der Waals surface area contributed by atoms with Crippen molar-refractivity contribution in [3.8, 4) is 0 Å². The van der Waals surface area contributed by atoms with E-state index in [1.807, 2.05) is 4.90 Å². The molecule has 0 bridgehead atoms. The summed E-state index contributed by atoms with van der Waals surface area (Å²) in [4.78, 5) is 1.92. The van der Waals surface area contributed by atoms with Crippen LogP contribution in [0.15, 0.2) is 18.2 Å². The van der Waals surface area contributed by atoms with Crippen LogP contribution in [0.2, 0.25) is 0 Å². The van der Waals surface area contributed by atoms with Crippen LogP contribution in [0.5, 0.6) is 0 Å². The molecule has 2 fully saturated rings. The number of nitrogens with zero attached hydrogens (tertiary/aromatic N) is 1. The van der Waals surface area contributed by atoms with Crippen LogP contribution in [-0.2, 0) is 0 Å². The van der Waals surface area contributed by atoms with Gasteiger partial charge in [0, 0.05) is 11.7 Å². The maximum Gasteiger partial charge on any atom is 0.267 e. The summed E-state index contributed by atoms with van der Waals surface area (Å²) in [5.41, 5.74) is 5.88. The number of halogens is 3. The Kier molecular flexibility index (Phi) is 5.61. The molecule has 2 aliphatic rings. The normalized spacial score (nSPS) is 25.8. The Hall–Kier alpha value is -1.23. The molecular weight excluding hydrogens is 301 g/mol. The number of hydrogen-bond donors (Lipinski definition) is 1. The fourth-order valence-electron chi connectivity index (χ4n) is 3.93. The van der Waals surface area contributed by atoms with Gasteiger partial charge in [-0.05, 0) is 43.5 Å². The molecule has 1 aliphatic carbocycles. The molecule has 1 aromatic rings. The lowest BCUT2D eigenvalue weighted by Gasteiger charge is -2.43. The molecule has 130 valence electrons. The molecule has 5 heteroatoms. The van der Waals surface area contributed by atoms with E-state index in [2.05, 4.69) is 0 Å². The van der Waals surface area contributed by atoms with Gasteiger partial charge in [0.1, 0.15) is 5.82 Å². The Morgan fingerprint density at radius 2 is 1.78 bits per heavy atom. The number of nitrogens with two attached hydrogens (primary N) is 1. The SMILES string of the molecule is C.Nc1ccc(C2CCN(C3CCCCC3)CC2(F)F)c(F)c1. The quantitative estimate of drug-likeness (QED) is 0.790. The highest BCUT2D eigenvalue weighted by Gasteiger charge is 2.47. The average molecular weight is 328 g/mol. The third-order valence-corrected chi connectivity index (χ3v) is 5.12. The highest BCUT2D eigenvalue weighted by molar-refractivity contribution is 5.42. The molecule has 1 atom stereocenters. The van der Waals surface area contributed by atoms with E-state index in [9.17, 15) is 13.2 Å². The zero-order chi connectivity index (χ0) is 15.7. The predicted molar refractivity (Wildman–Crippen MR) is 88.3 cm³/mol. The summed E-state index contributed by atoms with van der Waals surface area (Å²) in [6, 6.07) is 4.33. The highest BCUT2D eigenvalue weighted by Crippen LogP contribution is 2.42. The van der Waals surface area contributed by atoms with E-state index in [4.69, 9.17) is 5.73 Å². The molecule has 0 amide bonds. The zero-order valence-electron chi connectivity index (χ0n) is 12.7. The van der Waals surface area contributed by atoms with E-state index in [1.165, 1.54) is 18.6 Å². The van der Waals surface area contributed by atoms with E-state index in [0.29, 0.717) is 13.0 Å². The van der Waals surface area contributed by atoms with Gasteiger partial charge in [-0.25, -0.2) is 13.2 Å². The number of likely N-dealkylation sites (tertiary alicyclic amines) is 1. The number of benzene rings is 1. The molecule has 1 unspecified atom stereocenters. The summed E-state index contributed by atoms with van der Waals surface area (Å²) in [6.07, 6.45) is 5.78. The fourth-order valence-corrected chi connectivity index (χ4v) is 3.93. The molecule has 2 N–H and O–H groups in total. The summed E-state index contributed by atoms with van der Waals surface area (Å²) in [5.74, 6) is -4.56. The number of piperidine rings is 1. The molecule has 23 heavy (non-hydrogen) atoms. The fraction of sp³-hybridized carbons (Fsp3) is 0.667. The van der Waals surface area contributed by atoms with Crippen LogP contribution >= 0.6 is 0 Å². The lowest BCUT2D eigenvalue weighted by Crippen LogP contribution is -2.51. The average Bonchev–Trinajstić information content (AvgIpc) is 2.48. The van der Waals surface area contributed by atoms with Crippen molar-refractivity contribution in [2.75, 3.05) is 18.8 Å². The van der Waals surface area contributed by atoms with Crippen LogP contribution in [0, 0.1) is 5.82 Å². The van der Waals surface area contributed by atoms with Gasteiger partial charge >= 0.3 is 0 Å². The van der Waals surface area contributed by atoms with E-state index in [-0.39, 0.29) is 31.3 Å². The van der Waals surface area contributed by atoms with Crippen molar-refractivity contribution in [1.82, 2.24) is 4.90 Å². The van der Waals surface area contributed by atoms with Gasteiger partial charge in [-0.2, -0.15) is 0 Å². The zero-order valence-corrected chi connectivity index (χ0v) is 12.7. The van der Waals surface area contributed by atoms with Crippen LogP contribution in [-0.4, -0.2) is 30.0 Å². The van der Waals surface area contributed by atoms with Crippen LogP contribution in [0.3, 0.4) is 0 Å². The first kappa shape index (κ1) is 18.1. The lowest BCUT2D eigenvalue weighted by atomic mass is 9.84. The number of rotatable bonds is 2. The van der Waals surface area contributed by atoms with Crippen LogP contribution in [0.4, 0.5) is 18.9 Å². The van der Waals surface area contributed by atoms with E-state index >= 15 is 0 Å². The van der Waals surface area contributed by atoms with Crippen molar-refractivity contribution in [2.24, 2.45) is 0 Å². The number of alkyl halides is 2. The smallest absolute Gasteiger partial charge is 0.267 e. The van der Waals surface area contributed by atoms with Gasteiger partial charge in [0.2, 0.25) is 0 Å². The van der Waals surface area contributed by atoms with E-state index < -0.39 is 17.7 Å². The largest absolute Gasteiger partial charge is 0.399 e. The molecule has 0 radical (unpaired) electrons. The van der Waals surface area contributed by atoms with Gasteiger partial charge in [0.15, 0.2) is 0 Å². The summed E-state index contributed by atoms with van der Waals surface area (Å²) in [6.45, 7) is 0.362. The number of hydrogen-bond acceptors (Lipinski definition) is 2. The Bertz CT molecular complexity index is 527. The second kappa shape index (κ2) is 7.12. The standard InChI is InChI=1S/C17H23F3N2.CH4/c18-16-10-12(21)6-7-14(16)15-8-9-22(11-17(15,19)20)13-4-2-1-3-5-13;/h6-7,10,13,15H,1-5,8-9,11,21H2;1H4. The molecule has 0 spiro atoms. The molecule has 1 saturated heterocycles. The third kappa shape index (κ3) is 3.82. The van der Waals surface area contributed by atoms with Crippen LogP contribution in [0.1, 0.15) is 57.4 Å². The molecule has 3 rings (SSSR count). The molecule has 1 saturated carbocycles. The molecule has 1 aromatic carbocycles. The summed E-state index contributed by atoms with van der Waals surface area (Å²) >= 11 is 0. The van der Waals surface area contributed by atoms with Gasteiger partial charge in [0.05, 0.1) is 12.5 Å². The Morgan fingerprint density at radius 3 is 2.39 bits per heavy atom. The molecular formula is C18H27F3N2. The predicted octanol–water partition coefficient (Wildman–Crippen LogP) is 4.80. The van der Waals surface area contributed by atoms with Gasteiger partial charge in [0.25, 0.3) is 5.92 Å². The maximum absolute atomic E-state index is 14.6. The van der Waals surface area contributed by atoms with Crippen molar-refractivity contribution in [2.45, 2.75) is 63.8 Å². The molecule has 1 aliphatic heterocycles. The Labute approximate surface area is 136 Å². The van der Waals surface area contributed by atoms with E-state index in [1.54, 1.807) is 0 Å². The Balaban J connectivity index is 0.00000192. The van der Waals surface area contributed by atoms with Crippen molar-refractivity contribution < 1.29 is 13.2 Å². The van der Waals surface area contributed by atoms with Crippen LogP contribution < -0.4 is 5.73 Å². The van der Waals surface area contributed by atoms with Gasteiger partial charge in [-0.15, -0.1) is 0 Å². The first-order chi connectivity index (χ1) is 10.5. The number of nitrogen functional groups attached to an aromatic ring is 1. The van der Waals surface area contributed by atoms with Crippen molar-refractivity contribution in [3.05, 3.63) is 29.6 Å². The first-order valence-corrected chi connectivity index (χ1v) is 8.14. The summed E-state index contributed by atoms with van der Waals surface area (Å²) in [5, 5.41) is 0. The molecule has 1 heterocycles. The van der Waals surface area contributed by atoms with Gasteiger partial charge in [-0.1, -0.05) is 32.8 Å². The van der Waals surface area contributed by atoms with Gasteiger partial charge in [-0.3, -0.25) is 4.90 Å². The first-order valence-electron chi connectivity index (χ1n) is 8.14. The maximum atomic E-state index is 14.6. The Morgan fingerprint density at radius 1 is 1.09 bits per heavy atom. The summed E-state index contributed by atoms with van der Waals surface area (Å²) in [7, 11) is 0. The van der Waals surface area contributed by atoms with Crippen molar-refractivity contribution in [3.63, 3.8) is 0 Å². The monoisotopic (exact) mass is 328 g/mol. The van der Waals surface area contributed by atoms with Gasteiger partial charge < -0.3 is 5.73 Å². The van der Waals surface area contributed by atoms with Crippen molar-refractivity contribution >= 4 is 5.69 Å². The highest BCUT2D eigenvalue weighted by atomic mass is 19.3. The third-order valence-electron chi connectivity index (χ3n) is 5.12. The minimum Gasteiger partial charge on any atom is -0.399 e. The minimum absolute atomic E-state index is 0. The van der Waals surface area contributed by atoms with Crippen LogP contribution in [0.25, 0.3) is 0 Å². The van der Waals surface area contributed by atoms with Crippen molar-refractivity contribution in [1.29, 1.82) is 0 Å². The lowest BCUT2D eigenvalue weighted by molar-refractivity contribution is -0.0964. The topological polar surface area (TPSA) is 29.3 Å². The summed E-state index contributed by atoms with van der Waals surface area (Å²) < 4.78 is 43.2. The molecule has 0 aromatic heterocycles. The second-order valence-corrected chi connectivity index (χ2v) is 6.65. The number of anilines is 1. The van der Waals surface area contributed by atoms with E-state index in [0.717, 1.165) is 31.7 Å².